The van der Waals surface area contributed by atoms with Crippen molar-refractivity contribution in [2.45, 2.75) is 36.9 Å². The fraction of sp³-hybridized carbons (Fsp3) is 0.200. The summed E-state index contributed by atoms with van der Waals surface area (Å²) in [6.07, 6.45) is 0. The number of anilines is 1. The first-order valence-corrected chi connectivity index (χ1v) is 9.71. The van der Waals surface area contributed by atoms with Gasteiger partial charge in [0.1, 0.15) is 0 Å². The topological polar surface area (TPSA) is 42.0 Å². The second-order valence-corrected chi connectivity index (χ2v) is 8.28. The molecule has 3 aromatic rings. The SMILES string of the molecule is Cc1ccc(C)c(C(=O)Nc2ccc(Sc3nc(C)cs3)cc2C)c1. The van der Waals surface area contributed by atoms with E-state index in [9.17, 15) is 4.79 Å². The molecule has 0 saturated heterocycles. The van der Waals surface area contributed by atoms with Crippen molar-refractivity contribution in [3.05, 3.63) is 69.7 Å². The van der Waals surface area contributed by atoms with Gasteiger partial charge in [0.25, 0.3) is 5.91 Å². The lowest BCUT2D eigenvalue weighted by molar-refractivity contribution is 0.102. The van der Waals surface area contributed by atoms with Gasteiger partial charge in [-0.25, -0.2) is 4.98 Å². The Labute approximate surface area is 156 Å². The molecule has 0 spiro atoms. The van der Waals surface area contributed by atoms with Crippen molar-refractivity contribution in [2.24, 2.45) is 0 Å². The van der Waals surface area contributed by atoms with Gasteiger partial charge in [-0.05, 0) is 63.1 Å². The molecular weight excluding hydrogens is 348 g/mol. The summed E-state index contributed by atoms with van der Waals surface area (Å²) in [5.74, 6) is -0.0692. The monoisotopic (exact) mass is 368 g/mol. The van der Waals surface area contributed by atoms with Crippen LogP contribution < -0.4 is 5.32 Å². The molecule has 0 aliphatic carbocycles. The van der Waals surface area contributed by atoms with Crippen molar-refractivity contribution in [3.63, 3.8) is 0 Å². The minimum atomic E-state index is -0.0692. The third-order valence-electron chi connectivity index (χ3n) is 3.89. The molecule has 0 aliphatic rings. The van der Waals surface area contributed by atoms with Crippen LogP contribution in [0.1, 0.15) is 32.7 Å². The number of aryl methyl sites for hydroxylation is 4. The van der Waals surface area contributed by atoms with E-state index in [2.05, 4.69) is 16.4 Å². The average molecular weight is 369 g/mol. The molecule has 128 valence electrons. The first-order chi connectivity index (χ1) is 11.9. The fourth-order valence-corrected chi connectivity index (χ4v) is 4.40. The van der Waals surface area contributed by atoms with Gasteiger partial charge in [0.2, 0.25) is 0 Å². The highest BCUT2D eigenvalue weighted by molar-refractivity contribution is 8.01. The summed E-state index contributed by atoms with van der Waals surface area (Å²) >= 11 is 3.29. The molecule has 1 amide bonds. The van der Waals surface area contributed by atoms with Gasteiger partial charge in [0.05, 0.1) is 0 Å². The zero-order valence-corrected chi connectivity index (χ0v) is 16.3. The largest absolute Gasteiger partial charge is 0.322 e. The highest BCUT2D eigenvalue weighted by atomic mass is 32.2. The zero-order valence-electron chi connectivity index (χ0n) is 14.7. The van der Waals surface area contributed by atoms with Crippen LogP contribution in [0.15, 0.2) is 51.0 Å². The third-order valence-corrected chi connectivity index (χ3v) is 5.93. The lowest BCUT2D eigenvalue weighted by Crippen LogP contribution is -2.14. The van der Waals surface area contributed by atoms with Gasteiger partial charge in [-0.2, -0.15) is 0 Å². The van der Waals surface area contributed by atoms with Crippen molar-refractivity contribution in [3.8, 4) is 0 Å². The summed E-state index contributed by atoms with van der Waals surface area (Å²) in [6, 6.07) is 12.0. The number of aromatic nitrogens is 1. The van der Waals surface area contributed by atoms with Crippen LogP contribution in [-0.4, -0.2) is 10.9 Å². The second-order valence-electron chi connectivity index (χ2n) is 6.11. The zero-order chi connectivity index (χ0) is 18.0. The van der Waals surface area contributed by atoms with Gasteiger partial charge < -0.3 is 5.32 Å². The fourth-order valence-electron chi connectivity index (χ4n) is 2.49. The van der Waals surface area contributed by atoms with Crippen LogP contribution in [0.4, 0.5) is 5.69 Å². The Kier molecular flexibility index (Phi) is 5.25. The second kappa shape index (κ2) is 7.42. The number of carbonyl (C=O) groups is 1. The van der Waals surface area contributed by atoms with Crippen LogP contribution in [0, 0.1) is 27.7 Å². The Morgan fingerprint density at radius 3 is 2.52 bits per heavy atom. The number of hydrogen-bond donors (Lipinski definition) is 1. The molecule has 5 heteroatoms. The summed E-state index contributed by atoms with van der Waals surface area (Å²) in [4.78, 5) is 18.2. The van der Waals surface area contributed by atoms with Gasteiger partial charge >= 0.3 is 0 Å². The molecule has 3 nitrogen and oxygen atoms in total. The summed E-state index contributed by atoms with van der Waals surface area (Å²) in [5, 5.41) is 5.08. The molecule has 0 fully saturated rings. The van der Waals surface area contributed by atoms with E-state index in [1.54, 1.807) is 23.1 Å². The Hall–Kier alpha value is -2.11. The molecule has 2 aromatic carbocycles. The van der Waals surface area contributed by atoms with Gasteiger partial charge in [0.15, 0.2) is 4.34 Å². The standard InChI is InChI=1S/C20H20N2OS2/c1-12-5-6-13(2)17(9-12)19(23)22-18-8-7-16(10-14(18)3)25-20-21-15(4)11-24-20/h5-11H,1-4H3,(H,22,23). The molecule has 1 heterocycles. The van der Waals surface area contributed by atoms with E-state index in [1.165, 1.54) is 0 Å². The Bertz CT molecular complexity index is 931. The maximum absolute atomic E-state index is 12.6. The summed E-state index contributed by atoms with van der Waals surface area (Å²) in [7, 11) is 0. The van der Waals surface area contributed by atoms with Crippen LogP contribution in [0.3, 0.4) is 0 Å². The molecule has 0 bridgehead atoms. The lowest BCUT2D eigenvalue weighted by atomic mass is 10.0. The lowest BCUT2D eigenvalue weighted by Gasteiger charge is -2.11. The Morgan fingerprint density at radius 1 is 1.04 bits per heavy atom. The molecule has 0 saturated carbocycles. The van der Waals surface area contributed by atoms with E-state index < -0.39 is 0 Å². The molecule has 0 unspecified atom stereocenters. The summed E-state index contributed by atoms with van der Waals surface area (Å²) in [6.45, 7) is 7.96. The normalized spacial score (nSPS) is 10.7. The maximum Gasteiger partial charge on any atom is 0.255 e. The van der Waals surface area contributed by atoms with Gasteiger partial charge in [0, 0.05) is 27.2 Å². The molecule has 0 radical (unpaired) electrons. The van der Waals surface area contributed by atoms with E-state index in [0.29, 0.717) is 0 Å². The number of thiazole rings is 1. The summed E-state index contributed by atoms with van der Waals surface area (Å²) < 4.78 is 1.03. The highest BCUT2D eigenvalue weighted by Crippen LogP contribution is 2.32. The predicted octanol–water partition coefficient (Wildman–Crippen LogP) is 5.78. The van der Waals surface area contributed by atoms with Crippen molar-refractivity contribution in [1.29, 1.82) is 0 Å². The highest BCUT2D eigenvalue weighted by Gasteiger charge is 2.11. The van der Waals surface area contributed by atoms with E-state index in [0.717, 1.165) is 42.9 Å². The van der Waals surface area contributed by atoms with Gasteiger partial charge in [-0.1, -0.05) is 29.5 Å². The van der Waals surface area contributed by atoms with Gasteiger partial charge in [-0.3, -0.25) is 4.79 Å². The van der Waals surface area contributed by atoms with Crippen LogP contribution in [0.25, 0.3) is 0 Å². The molecule has 3 rings (SSSR count). The number of nitrogens with zero attached hydrogens (tertiary/aromatic N) is 1. The van der Waals surface area contributed by atoms with Gasteiger partial charge in [-0.15, -0.1) is 11.3 Å². The quantitative estimate of drug-likeness (QED) is 0.634. The predicted molar refractivity (Wildman–Crippen MR) is 106 cm³/mol. The molecule has 1 N–H and O–H groups in total. The van der Waals surface area contributed by atoms with E-state index in [-0.39, 0.29) is 5.91 Å². The molecular formula is C20H20N2OS2. The first kappa shape index (κ1) is 17.7. The Morgan fingerprint density at radius 2 is 1.84 bits per heavy atom. The average Bonchev–Trinajstić information content (AvgIpc) is 2.97. The Balaban J connectivity index is 1.77. The van der Waals surface area contributed by atoms with Crippen LogP contribution >= 0.6 is 23.1 Å². The minimum absolute atomic E-state index is 0.0692. The maximum atomic E-state index is 12.6. The number of carbonyl (C=O) groups excluding carboxylic acids is 1. The first-order valence-electron chi connectivity index (χ1n) is 8.01. The number of hydrogen-bond acceptors (Lipinski definition) is 4. The van der Waals surface area contributed by atoms with E-state index >= 15 is 0 Å². The van der Waals surface area contributed by atoms with Crippen molar-refractivity contribution in [1.82, 2.24) is 4.98 Å². The van der Waals surface area contributed by atoms with Crippen LogP contribution in [-0.2, 0) is 0 Å². The molecule has 1 aromatic heterocycles. The van der Waals surface area contributed by atoms with E-state index in [1.807, 2.05) is 63.4 Å². The van der Waals surface area contributed by atoms with Crippen molar-refractivity contribution in [2.75, 3.05) is 5.32 Å². The minimum Gasteiger partial charge on any atom is -0.322 e. The van der Waals surface area contributed by atoms with Crippen molar-refractivity contribution >= 4 is 34.7 Å². The van der Waals surface area contributed by atoms with E-state index in [4.69, 9.17) is 0 Å². The smallest absolute Gasteiger partial charge is 0.255 e. The number of amides is 1. The van der Waals surface area contributed by atoms with Crippen LogP contribution in [0.2, 0.25) is 0 Å². The van der Waals surface area contributed by atoms with Crippen LogP contribution in [0.5, 0.6) is 0 Å². The number of rotatable bonds is 4. The third kappa shape index (κ3) is 4.30. The molecule has 0 atom stereocenters. The summed E-state index contributed by atoms with van der Waals surface area (Å²) in [5.41, 5.74) is 5.70. The number of benzene rings is 2. The van der Waals surface area contributed by atoms with Crippen molar-refractivity contribution < 1.29 is 4.79 Å². The molecule has 0 aliphatic heterocycles. The number of nitrogens with one attached hydrogen (secondary N) is 1. The molecule has 25 heavy (non-hydrogen) atoms.